The maximum atomic E-state index is 14.9. The molecule has 16 nitrogen and oxygen atoms in total. The van der Waals surface area contributed by atoms with E-state index in [4.69, 9.17) is 9.47 Å². The molecule has 0 radical (unpaired) electrons. The number of carboxylic acids is 1. The van der Waals surface area contributed by atoms with E-state index in [1.807, 2.05) is 12.1 Å². The first-order valence-electron chi connectivity index (χ1n) is 20.4. The van der Waals surface area contributed by atoms with Gasteiger partial charge in [0.1, 0.15) is 29.8 Å². The van der Waals surface area contributed by atoms with Gasteiger partial charge in [-0.3, -0.25) is 9.69 Å². The molecule has 1 saturated carbocycles. The molecule has 1 saturated heterocycles. The molecule has 4 aromatic rings. The number of imidazole rings is 1. The summed E-state index contributed by atoms with van der Waals surface area (Å²) in [7, 11) is 0. The Morgan fingerprint density at radius 3 is 2.57 bits per heavy atom. The number of aryl methyl sites for hydroxylation is 1. The molecule has 10 atom stereocenters. The molecule has 61 heavy (non-hydrogen) atoms. The van der Waals surface area contributed by atoms with Crippen molar-refractivity contribution < 1.29 is 65.0 Å². The largest absolute Gasteiger partial charge is 0.508 e. The summed E-state index contributed by atoms with van der Waals surface area (Å²) in [5.41, 5.74) is 0.926. The van der Waals surface area contributed by atoms with E-state index in [9.17, 15) is 55.5 Å². The molecule has 16 heteroatoms. The number of aromatic hydroxyl groups is 3. The van der Waals surface area contributed by atoms with Gasteiger partial charge in [0.25, 0.3) is 5.91 Å². The Morgan fingerprint density at radius 1 is 1.00 bits per heavy atom. The second-order valence-corrected chi connectivity index (χ2v) is 16.9. The minimum atomic E-state index is -3.14. The molecular weight excluding hydrogens is 791 g/mol. The van der Waals surface area contributed by atoms with Crippen LogP contribution in [-0.4, -0.2) is 110 Å². The number of nitrogens with zero attached hydrogens (tertiary/aromatic N) is 2. The van der Waals surface area contributed by atoms with Gasteiger partial charge < -0.3 is 60.4 Å². The lowest BCUT2D eigenvalue weighted by Gasteiger charge is -2.54. The van der Waals surface area contributed by atoms with Gasteiger partial charge in [0.05, 0.1) is 18.6 Å². The summed E-state index contributed by atoms with van der Waals surface area (Å²) < 4.78 is 11.0. The average Bonchev–Trinajstić information content (AvgIpc) is 3.98. The average molecular weight is 838 g/mol. The number of anilines is 1. The van der Waals surface area contributed by atoms with Gasteiger partial charge in [0.2, 0.25) is 0 Å². The number of fused-ring (bicyclic) bond motifs is 6. The molecule has 0 bridgehead atoms. The van der Waals surface area contributed by atoms with Crippen molar-refractivity contribution >= 4 is 23.6 Å². The number of amides is 1. The molecule has 5 aliphatic rings. The Labute approximate surface area is 349 Å². The van der Waals surface area contributed by atoms with Crippen LogP contribution < -0.4 is 9.64 Å². The van der Waals surface area contributed by atoms with Crippen molar-refractivity contribution in [2.24, 2.45) is 11.8 Å². The van der Waals surface area contributed by atoms with Gasteiger partial charge in [-0.1, -0.05) is 43.2 Å². The van der Waals surface area contributed by atoms with Gasteiger partial charge in [-0.05, 0) is 84.6 Å². The number of H-pyrrole nitrogens is 1. The Bertz CT molecular complexity index is 2440. The Balaban J connectivity index is 1.18. The minimum absolute atomic E-state index is 0.0138. The number of phenolic OH excluding ortho intramolecular Hbond substituents is 3. The van der Waals surface area contributed by atoms with E-state index in [1.54, 1.807) is 30.5 Å². The molecule has 3 aromatic carbocycles. The highest BCUT2D eigenvalue weighted by atomic mass is 16.8. The lowest BCUT2D eigenvalue weighted by atomic mass is 9.49. The summed E-state index contributed by atoms with van der Waals surface area (Å²) in [5, 5.41) is 98.2. The summed E-state index contributed by atoms with van der Waals surface area (Å²) in [6, 6.07) is 12.6. The van der Waals surface area contributed by atoms with Crippen LogP contribution in [0.4, 0.5) is 5.69 Å². The van der Waals surface area contributed by atoms with Gasteiger partial charge >= 0.3 is 11.9 Å². The number of aromatic nitrogens is 2. The molecule has 3 aliphatic carbocycles. The molecule has 0 spiro atoms. The van der Waals surface area contributed by atoms with Crippen molar-refractivity contribution in [1.29, 1.82) is 0 Å². The lowest BCUT2D eigenvalue weighted by Crippen LogP contribution is -2.67. The van der Waals surface area contributed by atoms with E-state index in [2.05, 4.69) is 9.97 Å². The van der Waals surface area contributed by atoms with Crippen molar-refractivity contribution in [1.82, 2.24) is 9.97 Å². The van der Waals surface area contributed by atoms with Crippen molar-refractivity contribution in [2.75, 3.05) is 11.5 Å². The third kappa shape index (κ3) is 6.22. The maximum absolute atomic E-state index is 14.9. The van der Waals surface area contributed by atoms with Crippen LogP contribution in [0.25, 0.3) is 6.08 Å². The number of hydrogen-bond donors (Lipinski definition) is 10. The zero-order valence-corrected chi connectivity index (χ0v) is 32.8. The number of aromatic amines is 1. The SMILES string of the molecule is O=C(/C=C/c1ccc(O)c(Cc2cnc[nH]2)c1)N1c2cc(O[C@]3(O)O[C@H](CO)[C@@H](O)[C@H](O)[C@H]3O)c(O)cc2[C@H]2[C@H]([C@@]34CCCC[C@@H]3CCc3cccc(O)c34)C=C[C@]21C(=O)O. The fraction of sp³-hybridized carbons (Fsp3) is 0.400. The quantitative estimate of drug-likeness (QED) is 0.0661. The van der Waals surface area contributed by atoms with E-state index in [1.165, 1.54) is 36.7 Å². The number of aliphatic hydroxyl groups excluding tert-OH is 4. The van der Waals surface area contributed by atoms with Gasteiger partial charge in [-0.15, -0.1) is 0 Å². The van der Waals surface area contributed by atoms with Gasteiger partial charge in [0.15, 0.2) is 23.1 Å². The predicted octanol–water partition coefficient (Wildman–Crippen LogP) is 2.84. The van der Waals surface area contributed by atoms with Crippen LogP contribution in [0.5, 0.6) is 23.0 Å². The standard InChI is InChI=1S/C45H47N3O13/c49-21-35-39(54)40(55)41(56)45(59,61-35)60-34-19-30-28(18-33(34)52)38-29(43-14-2-1-5-26(43)10-9-24-4-3-6-32(51)37(24)43)13-15-44(38,42(57)58)48(30)36(53)12-8-23-7-11-31(50)25(16-23)17-27-20-46-22-47-27/h3-4,6-8,11-13,15-16,18-20,22,26,29,35,38-41,49-52,54-56,59H,1-2,5,9-10,14,17,21H2,(H,46,47)(H,57,58)/b12-8+/t26-,29-,35-,38+,39-,40+,41-,43-,44-,45+/m1/s1. The molecule has 0 unspecified atom stereocenters. The monoisotopic (exact) mass is 837 g/mol. The molecule has 3 heterocycles. The highest BCUT2D eigenvalue weighted by Gasteiger charge is 2.68. The molecule has 2 fully saturated rings. The topological polar surface area (TPSA) is 267 Å². The number of aliphatic carboxylic acids is 1. The van der Waals surface area contributed by atoms with Crippen LogP contribution >= 0.6 is 0 Å². The molecule has 320 valence electrons. The third-order valence-corrected chi connectivity index (χ3v) is 13.7. The normalized spacial score (nSPS) is 32.6. The van der Waals surface area contributed by atoms with E-state index < -0.39 is 83.2 Å². The molecule has 9 rings (SSSR count). The number of phenols is 3. The number of ether oxygens (including phenoxy) is 2. The number of benzene rings is 3. The number of aliphatic hydroxyl groups is 5. The first kappa shape index (κ1) is 40.6. The van der Waals surface area contributed by atoms with Crippen molar-refractivity contribution in [3.8, 4) is 23.0 Å². The summed E-state index contributed by atoms with van der Waals surface area (Å²) in [6.45, 7) is -0.898. The third-order valence-electron chi connectivity index (χ3n) is 13.7. The maximum Gasteiger partial charge on any atom is 0.355 e. The summed E-state index contributed by atoms with van der Waals surface area (Å²) >= 11 is 0. The fourth-order valence-corrected chi connectivity index (χ4v) is 11.1. The Kier molecular flexibility index (Phi) is 10.00. The molecule has 10 N–H and O–H groups in total. The highest BCUT2D eigenvalue weighted by Crippen LogP contribution is 2.67. The van der Waals surface area contributed by atoms with Crippen LogP contribution in [0, 0.1) is 11.8 Å². The smallest absolute Gasteiger partial charge is 0.355 e. The zero-order valence-electron chi connectivity index (χ0n) is 32.8. The first-order chi connectivity index (χ1) is 29.2. The Hall–Kier alpha value is -5.75. The molecule has 2 aliphatic heterocycles. The van der Waals surface area contributed by atoms with Gasteiger partial charge in [-0.25, -0.2) is 9.78 Å². The summed E-state index contributed by atoms with van der Waals surface area (Å²) in [6.07, 6.45) is 6.41. The van der Waals surface area contributed by atoms with Crippen LogP contribution in [0.15, 0.2) is 79.3 Å². The number of carbonyl (C=O) groups excluding carboxylic acids is 1. The highest BCUT2D eigenvalue weighted by molar-refractivity contribution is 6.13. The number of hydrogen-bond acceptors (Lipinski definition) is 13. The van der Waals surface area contributed by atoms with Crippen LogP contribution in [-0.2, 0) is 32.6 Å². The lowest BCUT2D eigenvalue weighted by molar-refractivity contribution is -0.422. The first-order valence-corrected chi connectivity index (χ1v) is 20.4. The van der Waals surface area contributed by atoms with Crippen LogP contribution in [0.3, 0.4) is 0 Å². The van der Waals surface area contributed by atoms with E-state index in [0.717, 1.165) is 59.9 Å². The van der Waals surface area contributed by atoms with Gasteiger partial charge in [0, 0.05) is 52.9 Å². The second-order valence-electron chi connectivity index (χ2n) is 16.9. The number of carbonyl (C=O) groups is 2. The molecular formula is C45H47N3O13. The minimum Gasteiger partial charge on any atom is -0.508 e. The van der Waals surface area contributed by atoms with Crippen molar-refractivity contribution in [2.45, 2.75) is 92.2 Å². The summed E-state index contributed by atoms with van der Waals surface area (Å²) in [5.74, 6) is -7.96. The Morgan fingerprint density at radius 2 is 1.82 bits per heavy atom. The number of rotatable bonds is 9. The van der Waals surface area contributed by atoms with E-state index in [0.29, 0.717) is 24.0 Å². The van der Waals surface area contributed by atoms with Gasteiger partial charge in [-0.2, -0.15) is 0 Å². The number of nitrogens with one attached hydrogen (secondary N) is 1. The number of carboxylic acid groups (broad SMARTS) is 1. The van der Waals surface area contributed by atoms with Crippen molar-refractivity contribution in [3.63, 3.8) is 0 Å². The molecule has 1 aromatic heterocycles. The zero-order chi connectivity index (χ0) is 43.0. The number of allylic oxidation sites excluding steroid dienone is 1. The summed E-state index contributed by atoms with van der Waals surface area (Å²) in [4.78, 5) is 37.1. The van der Waals surface area contributed by atoms with E-state index in [-0.39, 0.29) is 28.7 Å². The van der Waals surface area contributed by atoms with Crippen LogP contribution in [0.1, 0.15) is 71.5 Å². The second kappa shape index (κ2) is 15.0. The predicted molar refractivity (Wildman–Crippen MR) is 215 cm³/mol. The fourth-order valence-electron chi connectivity index (χ4n) is 11.1. The molecule has 1 amide bonds. The van der Waals surface area contributed by atoms with E-state index >= 15 is 0 Å². The van der Waals surface area contributed by atoms with Crippen LogP contribution in [0.2, 0.25) is 0 Å². The van der Waals surface area contributed by atoms with Crippen molar-refractivity contribution in [3.05, 3.63) is 113 Å².